The molecule has 1 aliphatic rings. The summed E-state index contributed by atoms with van der Waals surface area (Å²) < 4.78 is 0. The van der Waals surface area contributed by atoms with Crippen LogP contribution in [0, 0.1) is 5.92 Å². The summed E-state index contributed by atoms with van der Waals surface area (Å²) in [6, 6.07) is 0.481. The molecule has 0 amide bonds. The van der Waals surface area contributed by atoms with Gasteiger partial charge in [-0.1, -0.05) is 0 Å². The summed E-state index contributed by atoms with van der Waals surface area (Å²) in [6.45, 7) is 2.66. The topological polar surface area (TPSA) is 76.1 Å². The van der Waals surface area contributed by atoms with Crippen LogP contribution in [-0.4, -0.2) is 25.7 Å². The van der Waals surface area contributed by atoms with Gasteiger partial charge in [-0.3, -0.25) is 11.3 Å². The van der Waals surface area contributed by atoms with Crippen LogP contribution in [0.2, 0.25) is 0 Å². The Morgan fingerprint density at radius 2 is 2.40 bits per heavy atom. The maximum atomic E-state index is 5.55. The molecule has 2 unspecified atom stereocenters. The van der Waals surface area contributed by atoms with Crippen LogP contribution in [0.15, 0.2) is 0 Å². The molecule has 1 rings (SSSR count). The Morgan fingerprint density at radius 3 is 3.00 bits per heavy atom. The van der Waals surface area contributed by atoms with Crippen molar-refractivity contribution < 1.29 is 0 Å². The van der Waals surface area contributed by atoms with E-state index in [1.54, 1.807) is 0 Å². The lowest BCUT2D eigenvalue weighted by molar-refractivity contribution is 0.433. The summed E-state index contributed by atoms with van der Waals surface area (Å²) in [5.41, 5.74) is 8.20. The van der Waals surface area contributed by atoms with Crippen molar-refractivity contribution in [3.63, 3.8) is 0 Å². The van der Waals surface area contributed by atoms with Gasteiger partial charge in [-0.05, 0) is 25.4 Å². The molecule has 4 heteroatoms. The first-order valence-corrected chi connectivity index (χ1v) is 3.75. The van der Waals surface area contributed by atoms with Crippen molar-refractivity contribution in [1.29, 1.82) is 0 Å². The zero-order valence-electron chi connectivity index (χ0n) is 6.14. The van der Waals surface area contributed by atoms with Crippen LogP contribution in [0.4, 0.5) is 0 Å². The lowest BCUT2D eigenvalue weighted by Crippen LogP contribution is -2.42. The fraction of sp³-hybridized carbons (Fsp3) is 1.00. The van der Waals surface area contributed by atoms with E-state index in [0.717, 1.165) is 19.6 Å². The third-order valence-electron chi connectivity index (χ3n) is 2.13. The van der Waals surface area contributed by atoms with Crippen molar-refractivity contribution in [2.45, 2.75) is 12.5 Å². The zero-order chi connectivity index (χ0) is 7.40. The van der Waals surface area contributed by atoms with Crippen molar-refractivity contribution in [3.05, 3.63) is 0 Å². The largest absolute Gasteiger partial charge is 0.330 e. The molecule has 0 aliphatic carbocycles. The molecule has 0 aromatic heterocycles. The van der Waals surface area contributed by atoms with Crippen molar-refractivity contribution in [2.24, 2.45) is 17.5 Å². The Bertz CT molecular complexity index is 95.7. The average Bonchev–Trinajstić information content (AvgIpc) is 2.36. The van der Waals surface area contributed by atoms with Crippen LogP contribution in [0.5, 0.6) is 0 Å². The molecule has 1 heterocycles. The summed E-state index contributed by atoms with van der Waals surface area (Å²) in [5, 5.41) is 3.34. The van der Waals surface area contributed by atoms with Crippen molar-refractivity contribution >= 4 is 0 Å². The molecule has 0 spiro atoms. The number of hydrazine groups is 1. The van der Waals surface area contributed by atoms with Gasteiger partial charge >= 0.3 is 0 Å². The summed E-state index contributed by atoms with van der Waals surface area (Å²) in [7, 11) is 0. The van der Waals surface area contributed by atoms with E-state index in [0.29, 0.717) is 12.0 Å². The van der Waals surface area contributed by atoms with Gasteiger partial charge in [-0.15, -0.1) is 0 Å². The summed E-state index contributed by atoms with van der Waals surface area (Å²) in [5.74, 6) is 5.80. The van der Waals surface area contributed by atoms with Gasteiger partial charge in [0.2, 0.25) is 0 Å². The molecule has 0 aromatic carbocycles. The van der Waals surface area contributed by atoms with E-state index in [1.807, 2.05) is 0 Å². The maximum absolute atomic E-state index is 5.55. The summed E-state index contributed by atoms with van der Waals surface area (Å²) in [4.78, 5) is 0. The Labute approximate surface area is 61.3 Å². The highest BCUT2D eigenvalue weighted by molar-refractivity contribution is 4.84. The molecule has 0 radical (unpaired) electrons. The highest BCUT2D eigenvalue weighted by atomic mass is 15.2. The first-order chi connectivity index (χ1) is 4.88. The fourth-order valence-corrected chi connectivity index (χ4v) is 1.47. The second-order valence-electron chi connectivity index (χ2n) is 2.75. The molecular formula is C6H16N4. The second kappa shape index (κ2) is 3.88. The zero-order valence-corrected chi connectivity index (χ0v) is 6.14. The van der Waals surface area contributed by atoms with Crippen LogP contribution in [0.1, 0.15) is 6.42 Å². The first-order valence-electron chi connectivity index (χ1n) is 3.75. The predicted octanol–water partition coefficient (Wildman–Crippen LogP) is -1.61. The van der Waals surface area contributed by atoms with E-state index in [9.17, 15) is 0 Å². The lowest BCUT2D eigenvalue weighted by Gasteiger charge is -2.16. The van der Waals surface area contributed by atoms with Crippen LogP contribution in [0.25, 0.3) is 0 Å². The Kier molecular flexibility index (Phi) is 3.08. The molecule has 0 saturated carbocycles. The van der Waals surface area contributed by atoms with Gasteiger partial charge in [0, 0.05) is 12.6 Å². The molecule has 1 fully saturated rings. The standard InChI is InChI=1S/C6H16N4/c7-3-5-1-2-9-6(5)4-10-8/h5-6,9-10H,1-4,7-8H2. The van der Waals surface area contributed by atoms with Gasteiger partial charge in [0.05, 0.1) is 0 Å². The van der Waals surface area contributed by atoms with Gasteiger partial charge < -0.3 is 11.1 Å². The summed E-state index contributed by atoms with van der Waals surface area (Å²) in [6.07, 6.45) is 1.18. The Morgan fingerprint density at radius 1 is 1.60 bits per heavy atom. The monoisotopic (exact) mass is 144 g/mol. The minimum atomic E-state index is 0.481. The highest BCUT2D eigenvalue weighted by Crippen LogP contribution is 2.12. The normalized spacial score (nSPS) is 33.0. The minimum absolute atomic E-state index is 0.481. The maximum Gasteiger partial charge on any atom is 0.0255 e. The van der Waals surface area contributed by atoms with Crippen LogP contribution >= 0.6 is 0 Å². The first kappa shape index (κ1) is 7.94. The Hall–Kier alpha value is -0.160. The number of nitrogens with two attached hydrogens (primary N) is 2. The SMILES string of the molecule is NCC1CCNC1CNN. The molecule has 0 bridgehead atoms. The fourth-order valence-electron chi connectivity index (χ4n) is 1.47. The molecular weight excluding hydrogens is 128 g/mol. The molecule has 60 valence electrons. The van der Waals surface area contributed by atoms with Crippen molar-refractivity contribution in [2.75, 3.05) is 19.6 Å². The van der Waals surface area contributed by atoms with E-state index in [4.69, 9.17) is 11.6 Å². The van der Waals surface area contributed by atoms with Crippen molar-refractivity contribution in [3.8, 4) is 0 Å². The van der Waals surface area contributed by atoms with Crippen molar-refractivity contribution in [1.82, 2.24) is 10.7 Å². The second-order valence-corrected chi connectivity index (χ2v) is 2.75. The average molecular weight is 144 g/mol. The van der Waals surface area contributed by atoms with Crippen LogP contribution < -0.4 is 22.3 Å². The third kappa shape index (κ3) is 1.67. The number of hydrogen-bond donors (Lipinski definition) is 4. The van der Waals surface area contributed by atoms with Crippen LogP contribution in [-0.2, 0) is 0 Å². The van der Waals surface area contributed by atoms with Gasteiger partial charge in [0.1, 0.15) is 0 Å². The molecule has 6 N–H and O–H groups in total. The van der Waals surface area contributed by atoms with Gasteiger partial charge in [0.15, 0.2) is 0 Å². The smallest absolute Gasteiger partial charge is 0.0255 e. The van der Waals surface area contributed by atoms with Gasteiger partial charge in [-0.25, -0.2) is 0 Å². The quantitative estimate of drug-likeness (QED) is 0.284. The van der Waals surface area contributed by atoms with E-state index in [1.165, 1.54) is 6.42 Å². The highest BCUT2D eigenvalue weighted by Gasteiger charge is 2.24. The van der Waals surface area contributed by atoms with E-state index in [2.05, 4.69) is 10.7 Å². The van der Waals surface area contributed by atoms with E-state index < -0.39 is 0 Å². The predicted molar refractivity (Wildman–Crippen MR) is 41.1 cm³/mol. The van der Waals surface area contributed by atoms with Gasteiger partial charge in [-0.2, -0.15) is 0 Å². The van der Waals surface area contributed by atoms with Gasteiger partial charge in [0.25, 0.3) is 0 Å². The number of hydrogen-bond acceptors (Lipinski definition) is 4. The minimum Gasteiger partial charge on any atom is -0.330 e. The molecule has 10 heavy (non-hydrogen) atoms. The lowest BCUT2D eigenvalue weighted by atomic mass is 10.0. The van der Waals surface area contributed by atoms with E-state index in [-0.39, 0.29) is 0 Å². The van der Waals surface area contributed by atoms with E-state index >= 15 is 0 Å². The molecule has 1 saturated heterocycles. The number of rotatable bonds is 3. The third-order valence-corrected chi connectivity index (χ3v) is 2.13. The number of nitrogens with one attached hydrogen (secondary N) is 2. The van der Waals surface area contributed by atoms with Crippen LogP contribution in [0.3, 0.4) is 0 Å². The molecule has 2 atom stereocenters. The molecule has 4 nitrogen and oxygen atoms in total. The Balaban J connectivity index is 2.27. The molecule has 1 aliphatic heterocycles. The summed E-state index contributed by atoms with van der Waals surface area (Å²) >= 11 is 0. The molecule has 0 aromatic rings.